The summed E-state index contributed by atoms with van der Waals surface area (Å²) in [6, 6.07) is 7.70. The summed E-state index contributed by atoms with van der Waals surface area (Å²) in [5.74, 6) is -0.431. The van der Waals surface area contributed by atoms with Crippen molar-refractivity contribution in [2.45, 2.75) is 0 Å². The van der Waals surface area contributed by atoms with Gasteiger partial charge in [-0.1, -0.05) is 11.6 Å². The molecule has 1 aliphatic heterocycles. The van der Waals surface area contributed by atoms with Gasteiger partial charge in [-0.2, -0.15) is 0 Å². The van der Waals surface area contributed by atoms with Crippen molar-refractivity contribution >= 4 is 23.2 Å². The Kier molecular flexibility index (Phi) is 4.34. The lowest BCUT2D eigenvalue weighted by atomic mass is 10.2. The molecule has 0 bridgehead atoms. The maximum absolute atomic E-state index is 13.0. The number of benzene rings is 1. The van der Waals surface area contributed by atoms with E-state index < -0.39 is 5.56 Å². The molecule has 23 heavy (non-hydrogen) atoms. The Hall–Kier alpha value is -2.34. The first-order chi connectivity index (χ1) is 11.0. The van der Waals surface area contributed by atoms with Gasteiger partial charge in [0.25, 0.3) is 11.5 Å². The lowest BCUT2D eigenvalue weighted by Crippen LogP contribution is -2.48. The highest BCUT2D eigenvalue weighted by atomic mass is 35.5. The fraction of sp³-hybridized carbons (Fsp3) is 0.250. The van der Waals surface area contributed by atoms with Crippen molar-refractivity contribution in [1.29, 1.82) is 0 Å². The van der Waals surface area contributed by atoms with Crippen LogP contribution in [0.4, 0.5) is 10.1 Å². The van der Waals surface area contributed by atoms with Crippen molar-refractivity contribution in [3.8, 4) is 0 Å². The van der Waals surface area contributed by atoms with Gasteiger partial charge in [0.2, 0.25) is 0 Å². The zero-order chi connectivity index (χ0) is 16.4. The Morgan fingerprint density at radius 2 is 1.78 bits per heavy atom. The number of amides is 1. The minimum Gasteiger partial charge on any atom is -0.368 e. The molecule has 0 saturated carbocycles. The largest absolute Gasteiger partial charge is 0.368 e. The lowest BCUT2D eigenvalue weighted by Gasteiger charge is -2.36. The van der Waals surface area contributed by atoms with Crippen LogP contribution in [-0.2, 0) is 0 Å². The average Bonchev–Trinajstić information content (AvgIpc) is 2.57. The number of pyridine rings is 1. The molecule has 5 nitrogen and oxygen atoms in total. The minimum atomic E-state index is -0.413. The van der Waals surface area contributed by atoms with Crippen LogP contribution in [0.5, 0.6) is 0 Å². The maximum Gasteiger partial charge on any atom is 0.266 e. The second kappa shape index (κ2) is 6.42. The molecule has 1 saturated heterocycles. The summed E-state index contributed by atoms with van der Waals surface area (Å²) >= 11 is 5.76. The fourth-order valence-corrected chi connectivity index (χ4v) is 2.75. The monoisotopic (exact) mass is 335 g/mol. The number of aromatic nitrogens is 1. The number of nitrogens with zero attached hydrogens (tertiary/aromatic N) is 2. The normalized spacial score (nSPS) is 14.9. The Labute approximate surface area is 137 Å². The van der Waals surface area contributed by atoms with Crippen LogP contribution in [0.15, 0.2) is 41.3 Å². The molecule has 0 aliphatic carbocycles. The molecule has 1 aromatic heterocycles. The Morgan fingerprint density at radius 1 is 1.13 bits per heavy atom. The maximum atomic E-state index is 13.0. The third-order valence-corrected chi connectivity index (χ3v) is 4.14. The van der Waals surface area contributed by atoms with Crippen molar-refractivity contribution < 1.29 is 9.18 Å². The quantitative estimate of drug-likeness (QED) is 0.914. The molecule has 0 unspecified atom stereocenters. The molecule has 1 aromatic carbocycles. The van der Waals surface area contributed by atoms with E-state index in [4.69, 9.17) is 11.6 Å². The number of rotatable bonds is 2. The van der Waals surface area contributed by atoms with E-state index in [-0.39, 0.29) is 16.7 Å². The zero-order valence-corrected chi connectivity index (χ0v) is 13.0. The van der Waals surface area contributed by atoms with E-state index in [0.29, 0.717) is 31.7 Å². The molecule has 7 heteroatoms. The van der Waals surface area contributed by atoms with Gasteiger partial charge in [0.15, 0.2) is 0 Å². The number of carbonyl (C=O) groups excluding carboxylic acids is 1. The van der Waals surface area contributed by atoms with Crippen LogP contribution in [0.1, 0.15) is 10.4 Å². The van der Waals surface area contributed by atoms with E-state index >= 15 is 0 Å². The molecular formula is C16H15ClFN3O2. The Bertz CT molecular complexity index is 768. The molecule has 120 valence electrons. The molecule has 0 spiro atoms. The van der Waals surface area contributed by atoms with Gasteiger partial charge in [-0.3, -0.25) is 9.59 Å². The number of anilines is 1. The zero-order valence-electron chi connectivity index (χ0n) is 12.3. The predicted octanol–water partition coefficient (Wildman–Crippen LogP) is 2.13. The van der Waals surface area contributed by atoms with Gasteiger partial charge in [-0.15, -0.1) is 0 Å². The Balaban J connectivity index is 1.66. The highest BCUT2D eigenvalue weighted by Crippen LogP contribution is 2.18. The van der Waals surface area contributed by atoms with Gasteiger partial charge >= 0.3 is 0 Å². The van der Waals surface area contributed by atoms with Crippen LogP contribution >= 0.6 is 11.6 Å². The summed E-state index contributed by atoms with van der Waals surface area (Å²) in [5.41, 5.74) is 0.889. The summed E-state index contributed by atoms with van der Waals surface area (Å²) in [4.78, 5) is 29.9. The van der Waals surface area contributed by atoms with Crippen molar-refractivity contribution in [2.24, 2.45) is 0 Å². The first-order valence-corrected chi connectivity index (χ1v) is 7.60. The van der Waals surface area contributed by atoms with Gasteiger partial charge in [0, 0.05) is 38.1 Å². The summed E-state index contributed by atoms with van der Waals surface area (Å²) in [6.07, 6.45) is 1.38. The van der Waals surface area contributed by atoms with Gasteiger partial charge in [-0.25, -0.2) is 4.39 Å². The number of H-pyrrole nitrogens is 1. The summed E-state index contributed by atoms with van der Waals surface area (Å²) in [6.45, 7) is 2.42. The smallest absolute Gasteiger partial charge is 0.266 e. The van der Waals surface area contributed by atoms with E-state index in [1.54, 1.807) is 17.0 Å². The summed E-state index contributed by atoms with van der Waals surface area (Å²) < 4.78 is 13.0. The summed E-state index contributed by atoms with van der Waals surface area (Å²) in [7, 11) is 0. The van der Waals surface area contributed by atoms with Crippen molar-refractivity contribution in [2.75, 3.05) is 31.1 Å². The first-order valence-electron chi connectivity index (χ1n) is 7.22. The molecular weight excluding hydrogens is 321 g/mol. The topological polar surface area (TPSA) is 56.4 Å². The number of piperazine rings is 1. The molecule has 0 radical (unpaired) electrons. The second-order valence-corrected chi connectivity index (χ2v) is 5.73. The third kappa shape index (κ3) is 3.37. The van der Waals surface area contributed by atoms with E-state index in [2.05, 4.69) is 9.88 Å². The Morgan fingerprint density at radius 3 is 2.39 bits per heavy atom. The minimum absolute atomic E-state index is 0.000739. The van der Waals surface area contributed by atoms with E-state index in [0.717, 1.165) is 5.69 Å². The molecule has 3 rings (SSSR count). The molecule has 1 amide bonds. The standard InChI is InChI=1S/C16H15ClFN3O2/c17-14-9-11(10-19-15(14)22)16(23)21-7-5-20(6-8-21)13-3-1-12(18)2-4-13/h1-4,9-10H,5-8H2,(H,19,22). The molecule has 1 fully saturated rings. The van der Waals surface area contributed by atoms with E-state index in [9.17, 15) is 14.0 Å². The van der Waals surface area contributed by atoms with Crippen LogP contribution < -0.4 is 10.5 Å². The predicted molar refractivity (Wildman–Crippen MR) is 86.6 cm³/mol. The summed E-state index contributed by atoms with van der Waals surface area (Å²) in [5, 5.41) is 0.000739. The van der Waals surface area contributed by atoms with E-state index in [1.807, 2.05) is 0 Å². The van der Waals surface area contributed by atoms with Crippen molar-refractivity contribution in [3.05, 3.63) is 63.3 Å². The van der Waals surface area contributed by atoms with Crippen LogP contribution in [0.2, 0.25) is 5.02 Å². The first kappa shape index (κ1) is 15.6. The highest BCUT2D eigenvalue weighted by Gasteiger charge is 2.22. The molecule has 1 aliphatic rings. The van der Waals surface area contributed by atoms with Crippen LogP contribution in [0, 0.1) is 5.82 Å². The number of halogens is 2. The number of carbonyl (C=O) groups is 1. The van der Waals surface area contributed by atoms with Crippen molar-refractivity contribution in [3.63, 3.8) is 0 Å². The molecule has 0 atom stereocenters. The van der Waals surface area contributed by atoms with Crippen LogP contribution in [0.25, 0.3) is 0 Å². The van der Waals surface area contributed by atoms with Gasteiger partial charge < -0.3 is 14.8 Å². The van der Waals surface area contributed by atoms with Crippen LogP contribution in [0.3, 0.4) is 0 Å². The van der Waals surface area contributed by atoms with Gasteiger partial charge in [0.05, 0.1) is 5.56 Å². The second-order valence-electron chi connectivity index (χ2n) is 5.32. The van der Waals surface area contributed by atoms with E-state index in [1.165, 1.54) is 24.4 Å². The van der Waals surface area contributed by atoms with Crippen molar-refractivity contribution in [1.82, 2.24) is 9.88 Å². The number of hydrogen-bond donors (Lipinski definition) is 1. The molecule has 1 N–H and O–H groups in total. The van der Waals surface area contributed by atoms with Crippen LogP contribution in [-0.4, -0.2) is 42.0 Å². The van der Waals surface area contributed by atoms with Gasteiger partial charge in [0.1, 0.15) is 10.8 Å². The van der Waals surface area contributed by atoms with Gasteiger partial charge in [-0.05, 0) is 30.3 Å². The SMILES string of the molecule is O=C(c1c[nH]c(=O)c(Cl)c1)N1CCN(c2ccc(F)cc2)CC1. The number of nitrogens with one attached hydrogen (secondary N) is 1. The average molecular weight is 336 g/mol. The highest BCUT2D eigenvalue weighted by molar-refractivity contribution is 6.30. The lowest BCUT2D eigenvalue weighted by molar-refractivity contribution is 0.0746. The number of aromatic amines is 1. The third-order valence-electron chi connectivity index (χ3n) is 3.86. The molecule has 2 heterocycles. The number of hydrogen-bond acceptors (Lipinski definition) is 3. The molecule has 2 aromatic rings. The fourth-order valence-electron chi connectivity index (χ4n) is 2.58.